The molecule has 0 atom stereocenters. The second kappa shape index (κ2) is 8.84. The monoisotopic (exact) mass is 361 g/mol. The highest BCUT2D eigenvalue weighted by Crippen LogP contribution is 2.38. The third kappa shape index (κ3) is 3.93. The lowest BCUT2D eigenvalue weighted by atomic mass is 10.1. The van der Waals surface area contributed by atoms with Gasteiger partial charge in [-0.1, -0.05) is 6.07 Å². The Hall–Kier alpha value is -3.09. The van der Waals surface area contributed by atoms with Gasteiger partial charge in [-0.25, -0.2) is 0 Å². The summed E-state index contributed by atoms with van der Waals surface area (Å²) < 4.78 is 26.5. The molecule has 140 valence electrons. The molecule has 0 aromatic heterocycles. The summed E-state index contributed by atoms with van der Waals surface area (Å²) >= 11 is 0. The first-order valence-corrected chi connectivity index (χ1v) is 7.87. The molecule has 7 nitrogen and oxygen atoms in total. The summed E-state index contributed by atoms with van der Waals surface area (Å²) in [5.74, 6) is 2.14. The molecule has 2 aromatic carbocycles. The maximum atomic E-state index is 12.6. The van der Waals surface area contributed by atoms with Crippen molar-refractivity contribution in [1.29, 1.82) is 0 Å². The first-order valence-electron chi connectivity index (χ1n) is 7.87. The molecule has 0 saturated carbocycles. The maximum absolute atomic E-state index is 12.6. The highest BCUT2D eigenvalue weighted by molar-refractivity contribution is 5.97. The predicted molar refractivity (Wildman–Crippen MR) is 96.8 cm³/mol. The van der Waals surface area contributed by atoms with Gasteiger partial charge in [0.25, 0.3) is 5.91 Å². The van der Waals surface area contributed by atoms with Crippen LogP contribution in [-0.2, 0) is 6.54 Å². The van der Waals surface area contributed by atoms with Gasteiger partial charge in [0.15, 0.2) is 23.0 Å². The standard InChI is InChI=1S/C19H23NO6/c1-22-14-8-6-7-13(17(14)25-4)19(21)20-11-12-9-15(23-2)18(26-5)16(10-12)24-3/h6-10H,11H2,1-5H3,(H,20,21). The Kier molecular flexibility index (Phi) is 6.54. The lowest BCUT2D eigenvalue weighted by Gasteiger charge is -2.15. The van der Waals surface area contributed by atoms with Crippen molar-refractivity contribution in [3.63, 3.8) is 0 Å². The van der Waals surface area contributed by atoms with Crippen molar-refractivity contribution in [2.24, 2.45) is 0 Å². The van der Waals surface area contributed by atoms with Gasteiger partial charge >= 0.3 is 0 Å². The molecule has 0 aliphatic carbocycles. The second-order valence-electron chi connectivity index (χ2n) is 5.26. The molecular weight excluding hydrogens is 338 g/mol. The van der Waals surface area contributed by atoms with E-state index in [-0.39, 0.29) is 12.5 Å². The average molecular weight is 361 g/mol. The van der Waals surface area contributed by atoms with Crippen LogP contribution in [-0.4, -0.2) is 41.5 Å². The molecule has 0 saturated heterocycles. The van der Waals surface area contributed by atoms with Gasteiger partial charge < -0.3 is 29.0 Å². The van der Waals surface area contributed by atoms with Gasteiger partial charge in [-0.15, -0.1) is 0 Å². The molecule has 1 amide bonds. The number of para-hydroxylation sites is 1. The SMILES string of the molecule is COc1cc(CNC(=O)c2cccc(OC)c2OC)cc(OC)c1OC. The van der Waals surface area contributed by atoms with E-state index in [1.165, 1.54) is 21.3 Å². The summed E-state index contributed by atoms with van der Waals surface area (Å²) in [6.45, 7) is 0.274. The van der Waals surface area contributed by atoms with E-state index in [2.05, 4.69) is 5.32 Å². The maximum Gasteiger partial charge on any atom is 0.255 e. The van der Waals surface area contributed by atoms with Gasteiger partial charge in [0.2, 0.25) is 5.75 Å². The van der Waals surface area contributed by atoms with Crippen LogP contribution in [0, 0.1) is 0 Å². The number of ether oxygens (including phenoxy) is 5. The van der Waals surface area contributed by atoms with Crippen molar-refractivity contribution < 1.29 is 28.5 Å². The summed E-state index contributed by atoms with van der Waals surface area (Å²) in [4.78, 5) is 12.6. The second-order valence-corrected chi connectivity index (χ2v) is 5.26. The number of carbonyl (C=O) groups excluding carboxylic acids is 1. The third-order valence-corrected chi connectivity index (χ3v) is 3.83. The van der Waals surface area contributed by atoms with E-state index in [0.717, 1.165) is 5.56 Å². The van der Waals surface area contributed by atoms with Gasteiger partial charge in [0.1, 0.15) is 0 Å². The molecule has 2 rings (SSSR count). The largest absolute Gasteiger partial charge is 0.493 e. The molecule has 0 heterocycles. The molecule has 0 fully saturated rings. The molecule has 0 aliphatic rings. The van der Waals surface area contributed by atoms with Crippen molar-refractivity contribution in [3.8, 4) is 28.7 Å². The number of nitrogens with one attached hydrogen (secondary N) is 1. The van der Waals surface area contributed by atoms with Gasteiger partial charge in [-0.2, -0.15) is 0 Å². The highest BCUT2D eigenvalue weighted by Gasteiger charge is 2.17. The Morgan fingerprint density at radius 1 is 0.808 bits per heavy atom. The van der Waals surface area contributed by atoms with Crippen molar-refractivity contribution >= 4 is 5.91 Å². The van der Waals surface area contributed by atoms with Crippen LogP contribution in [0.3, 0.4) is 0 Å². The molecule has 0 spiro atoms. The van der Waals surface area contributed by atoms with Crippen LogP contribution in [0.4, 0.5) is 0 Å². The quantitative estimate of drug-likeness (QED) is 0.779. The Balaban J connectivity index is 2.23. The van der Waals surface area contributed by atoms with E-state index in [1.54, 1.807) is 44.6 Å². The molecule has 0 aliphatic heterocycles. The molecule has 2 aromatic rings. The first-order chi connectivity index (χ1) is 12.6. The zero-order valence-corrected chi connectivity index (χ0v) is 15.5. The van der Waals surface area contributed by atoms with E-state index in [4.69, 9.17) is 23.7 Å². The molecule has 0 unspecified atom stereocenters. The van der Waals surface area contributed by atoms with Crippen molar-refractivity contribution in [2.45, 2.75) is 6.54 Å². The van der Waals surface area contributed by atoms with Crippen LogP contribution in [0.5, 0.6) is 28.7 Å². The van der Waals surface area contributed by atoms with E-state index < -0.39 is 0 Å². The molecule has 1 N–H and O–H groups in total. The van der Waals surface area contributed by atoms with Crippen LogP contribution < -0.4 is 29.0 Å². The normalized spacial score (nSPS) is 10.0. The van der Waals surface area contributed by atoms with Crippen molar-refractivity contribution in [1.82, 2.24) is 5.32 Å². The molecule has 0 radical (unpaired) electrons. The van der Waals surface area contributed by atoms with Crippen molar-refractivity contribution in [3.05, 3.63) is 41.5 Å². The fourth-order valence-corrected chi connectivity index (χ4v) is 2.58. The number of hydrogen-bond donors (Lipinski definition) is 1. The minimum absolute atomic E-state index is 0.274. The van der Waals surface area contributed by atoms with Gasteiger partial charge in [0.05, 0.1) is 41.1 Å². The zero-order valence-electron chi connectivity index (χ0n) is 15.5. The third-order valence-electron chi connectivity index (χ3n) is 3.83. The summed E-state index contributed by atoms with van der Waals surface area (Å²) in [5.41, 5.74) is 1.19. The number of amides is 1. The fourth-order valence-electron chi connectivity index (χ4n) is 2.58. The van der Waals surface area contributed by atoms with Crippen LogP contribution in [0.25, 0.3) is 0 Å². The van der Waals surface area contributed by atoms with Crippen LogP contribution in [0.15, 0.2) is 30.3 Å². The molecular formula is C19H23NO6. The van der Waals surface area contributed by atoms with Crippen LogP contribution >= 0.6 is 0 Å². The minimum Gasteiger partial charge on any atom is -0.493 e. The van der Waals surface area contributed by atoms with Gasteiger partial charge in [0, 0.05) is 6.54 Å². The lowest BCUT2D eigenvalue weighted by Crippen LogP contribution is -2.23. The average Bonchev–Trinajstić information content (AvgIpc) is 2.69. The summed E-state index contributed by atoms with van der Waals surface area (Å²) in [5, 5.41) is 2.85. The number of rotatable bonds is 8. The summed E-state index contributed by atoms with van der Waals surface area (Å²) in [6.07, 6.45) is 0. The number of hydrogen-bond acceptors (Lipinski definition) is 6. The van der Waals surface area contributed by atoms with Gasteiger partial charge in [-0.3, -0.25) is 4.79 Å². The van der Waals surface area contributed by atoms with E-state index in [1.807, 2.05) is 0 Å². The first kappa shape index (κ1) is 19.2. The van der Waals surface area contributed by atoms with E-state index >= 15 is 0 Å². The summed E-state index contributed by atoms with van der Waals surface area (Å²) in [6, 6.07) is 8.70. The number of carbonyl (C=O) groups is 1. The fraction of sp³-hybridized carbons (Fsp3) is 0.316. The molecule has 0 bridgehead atoms. The Labute approximate surface area is 152 Å². The predicted octanol–water partition coefficient (Wildman–Crippen LogP) is 2.66. The molecule has 7 heteroatoms. The number of methoxy groups -OCH3 is 5. The zero-order chi connectivity index (χ0) is 19.1. The summed E-state index contributed by atoms with van der Waals surface area (Å²) in [7, 11) is 7.64. The Bertz CT molecular complexity index is 750. The number of benzene rings is 2. The van der Waals surface area contributed by atoms with E-state index in [0.29, 0.717) is 34.3 Å². The minimum atomic E-state index is -0.283. The van der Waals surface area contributed by atoms with Gasteiger partial charge in [-0.05, 0) is 29.8 Å². The van der Waals surface area contributed by atoms with Crippen LogP contribution in [0.2, 0.25) is 0 Å². The topological polar surface area (TPSA) is 75.3 Å². The Morgan fingerprint density at radius 3 is 1.88 bits per heavy atom. The molecule has 26 heavy (non-hydrogen) atoms. The van der Waals surface area contributed by atoms with Crippen LogP contribution in [0.1, 0.15) is 15.9 Å². The highest BCUT2D eigenvalue weighted by atomic mass is 16.5. The smallest absolute Gasteiger partial charge is 0.255 e. The Morgan fingerprint density at radius 2 is 1.38 bits per heavy atom. The van der Waals surface area contributed by atoms with E-state index in [9.17, 15) is 4.79 Å². The lowest BCUT2D eigenvalue weighted by molar-refractivity contribution is 0.0947. The van der Waals surface area contributed by atoms with Crippen molar-refractivity contribution in [2.75, 3.05) is 35.5 Å².